The molecule has 0 aromatic heterocycles. The number of amides is 1. The number of hydrogen-bond acceptors (Lipinski definition) is 3. The lowest BCUT2D eigenvalue weighted by atomic mass is 9.72. The van der Waals surface area contributed by atoms with E-state index in [0.29, 0.717) is 11.5 Å². The maximum absolute atomic E-state index is 12.6. The predicted molar refractivity (Wildman–Crippen MR) is 113 cm³/mol. The van der Waals surface area contributed by atoms with Gasteiger partial charge in [-0.2, -0.15) is 5.10 Å². The number of anilines is 1. The first kappa shape index (κ1) is 19.9. The van der Waals surface area contributed by atoms with Gasteiger partial charge in [-0.1, -0.05) is 25.7 Å². The Labute approximate surface area is 164 Å². The van der Waals surface area contributed by atoms with Gasteiger partial charge in [0.15, 0.2) is 0 Å². The van der Waals surface area contributed by atoms with Crippen molar-refractivity contribution in [2.24, 2.45) is 16.9 Å². The highest BCUT2D eigenvalue weighted by molar-refractivity contribution is 5.96. The number of carbonyl (C=O) groups is 1. The van der Waals surface area contributed by atoms with E-state index in [1.165, 1.54) is 57.1 Å². The van der Waals surface area contributed by atoms with Crippen molar-refractivity contribution in [2.45, 2.75) is 71.6 Å². The van der Waals surface area contributed by atoms with Crippen LogP contribution in [0.25, 0.3) is 0 Å². The highest BCUT2D eigenvalue weighted by Crippen LogP contribution is 2.36. The fourth-order valence-corrected chi connectivity index (χ4v) is 4.81. The first-order valence-electron chi connectivity index (χ1n) is 10.9. The topological polar surface area (TPSA) is 44.7 Å². The molecule has 0 unspecified atom stereocenters. The van der Waals surface area contributed by atoms with E-state index in [1.54, 1.807) is 0 Å². The predicted octanol–water partition coefficient (Wildman–Crippen LogP) is 5.39. The summed E-state index contributed by atoms with van der Waals surface area (Å²) in [5.41, 5.74) is 5.93. The average Bonchev–Trinajstić information content (AvgIpc) is 2.74. The second-order valence-corrected chi connectivity index (χ2v) is 8.01. The first-order valence-corrected chi connectivity index (χ1v) is 10.9. The summed E-state index contributed by atoms with van der Waals surface area (Å²) < 4.78 is 0. The third-order valence-corrected chi connectivity index (χ3v) is 6.40. The Morgan fingerprint density at radius 3 is 2.33 bits per heavy atom. The Bertz CT molecular complexity index is 628. The van der Waals surface area contributed by atoms with Crippen molar-refractivity contribution >= 4 is 17.3 Å². The van der Waals surface area contributed by atoms with Crippen LogP contribution in [0.5, 0.6) is 0 Å². The van der Waals surface area contributed by atoms with Gasteiger partial charge < -0.3 is 4.90 Å². The fourth-order valence-electron chi connectivity index (χ4n) is 4.81. The van der Waals surface area contributed by atoms with E-state index < -0.39 is 0 Å². The highest BCUT2D eigenvalue weighted by Gasteiger charge is 2.29. The van der Waals surface area contributed by atoms with Crippen LogP contribution in [0.15, 0.2) is 29.4 Å². The number of rotatable bonds is 6. The van der Waals surface area contributed by atoms with Crippen molar-refractivity contribution in [3.05, 3.63) is 29.8 Å². The van der Waals surface area contributed by atoms with Crippen LogP contribution in [0.2, 0.25) is 0 Å². The molecule has 2 fully saturated rings. The smallest absolute Gasteiger partial charge is 0.271 e. The molecule has 4 heteroatoms. The average molecular weight is 370 g/mol. The second kappa shape index (κ2) is 9.91. The molecule has 27 heavy (non-hydrogen) atoms. The summed E-state index contributed by atoms with van der Waals surface area (Å²) in [4.78, 5) is 14.8. The molecule has 148 valence electrons. The molecule has 2 aliphatic carbocycles. The van der Waals surface area contributed by atoms with E-state index in [2.05, 4.69) is 29.3 Å². The van der Waals surface area contributed by atoms with Crippen LogP contribution in [0.1, 0.15) is 82.0 Å². The summed E-state index contributed by atoms with van der Waals surface area (Å²) in [6, 6.07) is 7.87. The minimum atomic E-state index is -0.0958. The summed E-state index contributed by atoms with van der Waals surface area (Å²) in [6.07, 6.45) is 11.6. The van der Waals surface area contributed by atoms with Gasteiger partial charge in [0.25, 0.3) is 5.91 Å². The van der Waals surface area contributed by atoms with E-state index in [-0.39, 0.29) is 5.91 Å². The minimum absolute atomic E-state index is 0.0958. The Hall–Kier alpha value is -1.84. The van der Waals surface area contributed by atoms with Crippen LogP contribution in [0.3, 0.4) is 0 Å². The number of nitrogens with zero attached hydrogens (tertiary/aromatic N) is 2. The van der Waals surface area contributed by atoms with Gasteiger partial charge >= 0.3 is 0 Å². The number of hydrazone groups is 1. The van der Waals surface area contributed by atoms with Crippen molar-refractivity contribution < 1.29 is 4.79 Å². The third kappa shape index (κ3) is 5.12. The number of hydrogen-bond donors (Lipinski definition) is 1. The van der Waals surface area contributed by atoms with Crippen LogP contribution >= 0.6 is 0 Å². The molecule has 1 amide bonds. The van der Waals surface area contributed by atoms with Gasteiger partial charge in [-0.05, 0) is 76.1 Å². The monoisotopic (exact) mass is 369 g/mol. The number of nitrogens with one attached hydrogen (secondary N) is 1. The molecular formula is C23H35N3O. The second-order valence-electron chi connectivity index (χ2n) is 8.01. The molecule has 0 radical (unpaired) electrons. The fraction of sp³-hybridized carbons (Fsp3) is 0.652. The molecule has 1 N–H and O–H groups in total. The number of carbonyl (C=O) groups excluding carboxylic acids is 1. The Morgan fingerprint density at radius 2 is 1.67 bits per heavy atom. The van der Waals surface area contributed by atoms with Gasteiger partial charge in [-0.3, -0.25) is 4.79 Å². The molecular weight excluding hydrogens is 334 g/mol. The molecule has 0 saturated heterocycles. The quantitative estimate of drug-likeness (QED) is 0.683. The molecule has 1 aromatic carbocycles. The van der Waals surface area contributed by atoms with Crippen molar-refractivity contribution in [3.63, 3.8) is 0 Å². The zero-order chi connectivity index (χ0) is 19.1. The zero-order valence-electron chi connectivity index (χ0n) is 17.0. The summed E-state index contributed by atoms with van der Waals surface area (Å²) in [5.74, 6) is 1.27. The maximum atomic E-state index is 12.6. The standard InChI is InChI=1S/C23H35N3O/c1-3-26(4-2)20-16-14-19(15-17-20)23(27)25-24-22-13-9-8-12-21(22)18-10-6-5-7-11-18/h14-18,21H,3-13H2,1-2H3,(H,25,27)/b24-22-/t21-/m0/s1. The lowest BCUT2D eigenvalue weighted by Gasteiger charge is -2.33. The van der Waals surface area contributed by atoms with Gasteiger partial charge in [-0.25, -0.2) is 5.43 Å². The van der Waals surface area contributed by atoms with Crippen molar-refractivity contribution in [1.82, 2.24) is 5.43 Å². The Morgan fingerprint density at radius 1 is 1.00 bits per heavy atom. The van der Waals surface area contributed by atoms with Crippen molar-refractivity contribution in [1.29, 1.82) is 0 Å². The normalized spacial score (nSPS) is 22.6. The molecule has 0 bridgehead atoms. The van der Waals surface area contributed by atoms with Crippen LogP contribution in [-0.2, 0) is 0 Å². The largest absolute Gasteiger partial charge is 0.372 e. The van der Waals surface area contributed by atoms with Crippen molar-refractivity contribution in [2.75, 3.05) is 18.0 Å². The van der Waals surface area contributed by atoms with E-state index in [0.717, 1.165) is 31.1 Å². The molecule has 2 saturated carbocycles. The Balaban J connectivity index is 1.63. The molecule has 2 aliphatic rings. The van der Waals surface area contributed by atoms with Gasteiger partial charge in [0, 0.05) is 36.0 Å². The van der Waals surface area contributed by atoms with E-state index >= 15 is 0 Å². The van der Waals surface area contributed by atoms with Gasteiger partial charge in [0.2, 0.25) is 0 Å². The lowest BCUT2D eigenvalue weighted by molar-refractivity contribution is 0.0954. The lowest BCUT2D eigenvalue weighted by Crippen LogP contribution is -2.31. The highest BCUT2D eigenvalue weighted by atomic mass is 16.2. The van der Waals surface area contributed by atoms with E-state index in [4.69, 9.17) is 0 Å². The van der Waals surface area contributed by atoms with Crippen LogP contribution in [0.4, 0.5) is 5.69 Å². The van der Waals surface area contributed by atoms with Crippen LogP contribution in [0, 0.1) is 11.8 Å². The maximum Gasteiger partial charge on any atom is 0.271 e. The van der Waals surface area contributed by atoms with Gasteiger partial charge in [-0.15, -0.1) is 0 Å². The molecule has 1 aromatic rings. The SMILES string of the molecule is CCN(CC)c1ccc(C(=O)N/N=C2/CCCC[C@H]2C2CCCCC2)cc1. The van der Waals surface area contributed by atoms with E-state index in [1.807, 2.05) is 24.3 Å². The van der Waals surface area contributed by atoms with E-state index in [9.17, 15) is 4.79 Å². The minimum Gasteiger partial charge on any atom is -0.372 e. The Kier molecular flexibility index (Phi) is 7.31. The van der Waals surface area contributed by atoms with Gasteiger partial charge in [0.05, 0.1) is 0 Å². The van der Waals surface area contributed by atoms with Crippen LogP contribution < -0.4 is 10.3 Å². The molecule has 3 rings (SSSR count). The molecule has 1 atom stereocenters. The first-order chi connectivity index (χ1) is 13.2. The summed E-state index contributed by atoms with van der Waals surface area (Å²) in [7, 11) is 0. The third-order valence-electron chi connectivity index (χ3n) is 6.40. The molecule has 0 spiro atoms. The van der Waals surface area contributed by atoms with Gasteiger partial charge in [0.1, 0.15) is 0 Å². The van der Waals surface area contributed by atoms with Crippen molar-refractivity contribution in [3.8, 4) is 0 Å². The summed E-state index contributed by atoms with van der Waals surface area (Å²) >= 11 is 0. The molecule has 0 aliphatic heterocycles. The number of benzene rings is 1. The summed E-state index contributed by atoms with van der Waals surface area (Å²) in [5, 5.41) is 4.61. The molecule has 0 heterocycles. The molecule has 4 nitrogen and oxygen atoms in total. The zero-order valence-corrected chi connectivity index (χ0v) is 17.0. The summed E-state index contributed by atoms with van der Waals surface area (Å²) in [6.45, 7) is 6.23. The van der Waals surface area contributed by atoms with Crippen LogP contribution in [-0.4, -0.2) is 24.7 Å².